The summed E-state index contributed by atoms with van der Waals surface area (Å²) in [6.45, 7) is 3.55. The van der Waals surface area contributed by atoms with Gasteiger partial charge >= 0.3 is 0 Å². The highest BCUT2D eigenvalue weighted by molar-refractivity contribution is 5.92. The van der Waals surface area contributed by atoms with E-state index >= 15 is 4.39 Å². The number of carbonyl (C=O) groups is 1. The van der Waals surface area contributed by atoms with Gasteiger partial charge in [-0.05, 0) is 42.5 Å². The predicted molar refractivity (Wildman–Crippen MR) is 127 cm³/mol. The standard InChI is InChI=1S/C25H25F2N7O/c1-2-15-11-29-25(30-12-15)33-7-5-18(6-8-33)34-13-20(27)22-21(31-14-32-24(22)34)10-16-3-4-17(23(28)35)9-19(16)26/h3-4,9,11-14,18H,2,5-8,10H2,1H3,(H2,28,35). The third-order valence-corrected chi connectivity index (χ3v) is 6.58. The molecule has 0 bridgehead atoms. The molecule has 1 aliphatic rings. The van der Waals surface area contributed by atoms with Gasteiger partial charge in [0.2, 0.25) is 11.9 Å². The van der Waals surface area contributed by atoms with E-state index in [0.29, 0.717) is 22.9 Å². The van der Waals surface area contributed by atoms with Crippen LogP contribution in [0.1, 0.15) is 53.0 Å². The molecule has 180 valence electrons. The maximum atomic E-state index is 15.1. The second-order valence-corrected chi connectivity index (χ2v) is 8.71. The maximum absolute atomic E-state index is 15.1. The van der Waals surface area contributed by atoms with Crippen LogP contribution in [0.15, 0.2) is 43.1 Å². The minimum atomic E-state index is -0.710. The van der Waals surface area contributed by atoms with Crippen molar-refractivity contribution < 1.29 is 13.6 Å². The van der Waals surface area contributed by atoms with Crippen LogP contribution >= 0.6 is 0 Å². The Hall–Kier alpha value is -3.95. The number of aromatic nitrogens is 5. The van der Waals surface area contributed by atoms with Crippen molar-refractivity contribution in [3.05, 3.63) is 77.1 Å². The van der Waals surface area contributed by atoms with E-state index in [9.17, 15) is 9.18 Å². The second-order valence-electron chi connectivity index (χ2n) is 8.71. The van der Waals surface area contributed by atoms with Gasteiger partial charge in [-0.25, -0.2) is 28.7 Å². The van der Waals surface area contributed by atoms with Crippen LogP contribution in [0, 0.1) is 11.6 Å². The number of anilines is 1. The Morgan fingerprint density at radius 2 is 1.83 bits per heavy atom. The van der Waals surface area contributed by atoms with E-state index in [0.717, 1.165) is 44.0 Å². The lowest BCUT2D eigenvalue weighted by molar-refractivity contribution is 0.1000. The molecule has 0 atom stereocenters. The number of primary amides is 1. The van der Waals surface area contributed by atoms with Crippen LogP contribution in [-0.2, 0) is 12.8 Å². The number of rotatable bonds is 6. The van der Waals surface area contributed by atoms with Crippen molar-refractivity contribution in [2.75, 3.05) is 18.0 Å². The highest BCUT2D eigenvalue weighted by atomic mass is 19.1. The molecule has 1 aliphatic heterocycles. The number of amides is 1. The quantitative estimate of drug-likeness (QED) is 0.455. The van der Waals surface area contributed by atoms with E-state index in [1.165, 1.54) is 24.7 Å². The molecule has 10 heteroatoms. The molecule has 8 nitrogen and oxygen atoms in total. The topological polar surface area (TPSA) is 103 Å². The monoisotopic (exact) mass is 477 g/mol. The van der Waals surface area contributed by atoms with Crippen molar-refractivity contribution in [2.24, 2.45) is 5.73 Å². The molecule has 1 fully saturated rings. The number of halogens is 2. The lowest BCUT2D eigenvalue weighted by atomic mass is 10.0. The molecule has 0 radical (unpaired) electrons. The molecule has 35 heavy (non-hydrogen) atoms. The van der Waals surface area contributed by atoms with Gasteiger partial charge in [0, 0.05) is 49.7 Å². The summed E-state index contributed by atoms with van der Waals surface area (Å²) in [7, 11) is 0. The molecule has 4 heterocycles. The first-order chi connectivity index (χ1) is 16.9. The molecule has 0 saturated carbocycles. The van der Waals surface area contributed by atoms with Crippen molar-refractivity contribution in [1.29, 1.82) is 0 Å². The lowest BCUT2D eigenvalue weighted by Crippen LogP contribution is -2.35. The van der Waals surface area contributed by atoms with Crippen LogP contribution < -0.4 is 10.6 Å². The number of benzene rings is 1. The average Bonchev–Trinajstić information content (AvgIpc) is 3.22. The normalized spacial score (nSPS) is 14.5. The van der Waals surface area contributed by atoms with E-state index in [1.807, 2.05) is 17.0 Å². The summed E-state index contributed by atoms with van der Waals surface area (Å²) in [4.78, 5) is 31.0. The summed E-state index contributed by atoms with van der Waals surface area (Å²) >= 11 is 0. The van der Waals surface area contributed by atoms with Crippen molar-refractivity contribution in [3.63, 3.8) is 0 Å². The van der Waals surface area contributed by atoms with E-state index in [2.05, 4.69) is 31.8 Å². The van der Waals surface area contributed by atoms with Crippen molar-refractivity contribution in [2.45, 2.75) is 38.6 Å². The summed E-state index contributed by atoms with van der Waals surface area (Å²) in [5.41, 5.74) is 7.56. The smallest absolute Gasteiger partial charge is 0.248 e. The molecule has 5 rings (SSSR count). The third-order valence-electron chi connectivity index (χ3n) is 6.58. The van der Waals surface area contributed by atoms with E-state index in [1.54, 1.807) is 0 Å². The average molecular weight is 478 g/mol. The van der Waals surface area contributed by atoms with Crippen LogP contribution in [-0.4, -0.2) is 43.5 Å². The summed E-state index contributed by atoms with van der Waals surface area (Å²) in [5, 5.41) is 0.284. The first kappa shape index (κ1) is 22.8. The van der Waals surface area contributed by atoms with Crippen LogP contribution in [0.25, 0.3) is 11.0 Å². The van der Waals surface area contributed by atoms with Gasteiger partial charge in [0.05, 0.1) is 11.1 Å². The summed E-state index contributed by atoms with van der Waals surface area (Å²) < 4.78 is 31.5. The minimum absolute atomic E-state index is 0.0579. The molecule has 2 N–H and O–H groups in total. The van der Waals surface area contributed by atoms with Crippen LogP contribution in [0.5, 0.6) is 0 Å². The zero-order chi connectivity index (χ0) is 24.5. The van der Waals surface area contributed by atoms with E-state index in [-0.39, 0.29) is 23.4 Å². The molecule has 1 amide bonds. The van der Waals surface area contributed by atoms with Crippen LogP contribution in [0.2, 0.25) is 0 Å². The fourth-order valence-electron chi connectivity index (χ4n) is 4.57. The van der Waals surface area contributed by atoms with Crippen molar-refractivity contribution in [1.82, 2.24) is 24.5 Å². The van der Waals surface area contributed by atoms with Gasteiger partial charge in [-0.2, -0.15) is 0 Å². The minimum Gasteiger partial charge on any atom is -0.366 e. The number of piperidine rings is 1. The Kier molecular flexibility index (Phi) is 6.10. The van der Waals surface area contributed by atoms with Crippen LogP contribution in [0.3, 0.4) is 0 Å². The van der Waals surface area contributed by atoms with Crippen LogP contribution in [0.4, 0.5) is 14.7 Å². The number of nitrogens with two attached hydrogens (primary N) is 1. The largest absolute Gasteiger partial charge is 0.366 e. The molecule has 0 spiro atoms. The molecule has 1 saturated heterocycles. The Bertz CT molecular complexity index is 1380. The number of aryl methyl sites for hydroxylation is 1. The number of hydrogen-bond donors (Lipinski definition) is 1. The number of carbonyl (C=O) groups excluding carboxylic acids is 1. The molecule has 4 aromatic rings. The number of hydrogen-bond acceptors (Lipinski definition) is 6. The molecular formula is C25H25F2N7O. The summed E-state index contributed by atoms with van der Waals surface area (Å²) in [6.07, 6.45) is 9.06. The SMILES string of the molecule is CCc1cnc(N2CCC(n3cc(F)c4c(Cc5ccc(C(N)=O)cc5F)ncnc43)CC2)nc1. The highest BCUT2D eigenvalue weighted by Gasteiger charge is 2.26. The zero-order valence-electron chi connectivity index (χ0n) is 19.3. The van der Waals surface area contributed by atoms with E-state index < -0.39 is 17.5 Å². The van der Waals surface area contributed by atoms with E-state index in [4.69, 9.17) is 5.73 Å². The number of nitrogens with zero attached hydrogens (tertiary/aromatic N) is 6. The lowest BCUT2D eigenvalue weighted by Gasteiger charge is -2.32. The first-order valence-corrected chi connectivity index (χ1v) is 11.6. The zero-order valence-corrected chi connectivity index (χ0v) is 19.3. The summed E-state index contributed by atoms with van der Waals surface area (Å²) in [5.74, 6) is -1.03. The molecule has 3 aromatic heterocycles. The van der Waals surface area contributed by atoms with Gasteiger partial charge in [-0.15, -0.1) is 0 Å². The first-order valence-electron chi connectivity index (χ1n) is 11.6. The Labute approximate surface area is 200 Å². The Morgan fingerprint density at radius 3 is 2.49 bits per heavy atom. The maximum Gasteiger partial charge on any atom is 0.248 e. The predicted octanol–water partition coefficient (Wildman–Crippen LogP) is 3.59. The highest BCUT2D eigenvalue weighted by Crippen LogP contribution is 2.31. The second kappa shape index (κ2) is 9.36. The van der Waals surface area contributed by atoms with Gasteiger partial charge in [-0.3, -0.25) is 4.79 Å². The van der Waals surface area contributed by atoms with Gasteiger partial charge in [0.25, 0.3) is 0 Å². The summed E-state index contributed by atoms with van der Waals surface area (Å²) in [6, 6.07) is 4.07. The Morgan fingerprint density at radius 1 is 1.09 bits per heavy atom. The Balaban J connectivity index is 1.37. The molecular weight excluding hydrogens is 452 g/mol. The van der Waals surface area contributed by atoms with Gasteiger partial charge < -0.3 is 15.2 Å². The van der Waals surface area contributed by atoms with Crippen molar-refractivity contribution >= 4 is 22.9 Å². The number of fused-ring (bicyclic) bond motifs is 1. The van der Waals surface area contributed by atoms with Crippen molar-refractivity contribution in [3.8, 4) is 0 Å². The molecule has 1 aromatic carbocycles. The third kappa shape index (κ3) is 4.43. The fraction of sp³-hybridized carbons (Fsp3) is 0.320. The molecule has 0 unspecified atom stereocenters. The van der Waals surface area contributed by atoms with Gasteiger partial charge in [0.1, 0.15) is 17.8 Å². The fourth-order valence-corrected chi connectivity index (χ4v) is 4.57. The van der Waals surface area contributed by atoms with Gasteiger partial charge in [0.15, 0.2) is 5.82 Å². The molecule has 0 aliphatic carbocycles. The van der Waals surface area contributed by atoms with Gasteiger partial charge in [-0.1, -0.05) is 13.0 Å².